The van der Waals surface area contributed by atoms with Crippen molar-refractivity contribution in [2.75, 3.05) is 18.8 Å². The molecule has 0 radical (unpaired) electrons. The van der Waals surface area contributed by atoms with Gasteiger partial charge < -0.3 is 15.4 Å². The zero-order valence-electron chi connectivity index (χ0n) is 14.3. The fourth-order valence-electron chi connectivity index (χ4n) is 3.34. The highest BCUT2D eigenvalue weighted by Gasteiger charge is 2.27. The molecule has 0 aromatic heterocycles. The van der Waals surface area contributed by atoms with E-state index in [9.17, 15) is 4.79 Å². The van der Waals surface area contributed by atoms with Gasteiger partial charge in [-0.05, 0) is 58.1 Å². The monoisotopic (exact) mass is 328 g/mol. The van der Waals surface area contributed by atoms with Crippen molar-refractivity contribution in [1.29, 1.82) is 0 Å². The van der Waals surface area contributed by atoms with E-state index in [2.05, 4.69) is 22.4 Å². The van der Waals surface area contributed by atoms with Gasteiger partial charge in [0.1, 0.15) is 5.60 Å². The molecular formula is C17H32N2O2S. The second kappa shape index (κ2) is 8.44. The van der Waals surface area contributed by atoms with Crippen molar-refractivity contribution in [1.82, 2.24) is 10.6 Å². The molecule has 2 N–H and O–H groups in total. The molecular weight excluding hydrogens is 296 g/mol. The Labute approximate surface area is 139 Å². The molecule has 1 saturated carbocycles. The van der Waals surface area contributed by atoms with E-state index in [4.69, 9.17) is 4.74 Å². The number of ether oxygens (including phenoxy) is 1. The Morgan fingerprint density at radius 1 is 1.14 bits per heavy atom. The lowest BCUT2D eigenvalue weighted by Gasteiger charge is -2.33. The maximum absolute atomic E-state index is 11.8. The maximum Gasteiger partial charge on any atom is 0.407 e. The summed E-state index contributed by atoms with van der Waals surface area (Å²) in [6, 6.07) is 0.546. The molecule has 0 aromatic carbocycles. The van der Waals surface area contributed by atoms with Crippen LogP contribution in [0.3, 0.4) is 0 Å². The molecule has 128 valence electrons. The summed E-state index contributed by atoms with van der Waals surface area (Å²) in [6.07, 6.45) is 7.44. The summed E-state index contributed by atoms with van der Waals surface area (Å²) in [4.78, 5) is 11.8. The molecule has 2 fully saturated rings. The Morgan fingerprint density at radius 2 is 1.91 bits per heavy atom. The Bertz CT molecular complexity index is 351. The van der Waals surface area contributed by atoms with Crippen molar-refractivity contribution < 1.29 is 9.53 Å². The number of hydrogen-bond donors (Lipinski definition) is 2. The summed E-state index contributed by atoms with van der Waals surface area (Å²) in [5, 5.41) is 7.53. The number of amides is 1. The van der Waals surface area contributed by atoms with Crippen molar-refractivity contribution in [3.8, 4) is 0 Å². The SMILES string of the molecule is CC(C)(C)OC(=O)NCC1CCCCC1NCC1CCCS1. The first-order valence-electron chi connectivity index (χ1n) is 8.76. The molecule has 4 nitrogen and oxygen atoms in total. The van der Waals surface area contributed by atoms with Gasteiger partial charge in [-0.3, -0.25) is 0 Å². The fourth-order valence-corrected chi connectivity index (χ4v) is 4.55. The van der Waals surface area contributed by atoms with Crippen LogP contribution in [0.1, 0.15) is 59.3 Å². The Balaban J connectivity index is 1.72. The van der Waals surface area contributed by atoms with Crippen LogP contribution in [-0.4, -0.2) is 41.8 Å². The first-order valence-corrected chi connectivity index (χ1v) is 9.81. The van der Waals surface area contributed by atoms with Gasteiger partial charge >= 0.3 is 6.09 Å². The van der Waals surface area contributed by atoms with E-state index in [0.717, 1.165) is 18.3 Å². The van der Waals surface area contributed by atoms with Crippen molar-refractivity contribution in [3.05, 3.63) is 0 Å². The third-order valence-electron chi connectivity index (χ3n) is 4.45. The largest absolute Gasteiger partial charge is 0.444 e. The molecule has 0 aromatic rings. The second-order valence-electron chi connectivity index (χ2n) is 7.58. The summed E-state index contributed by atoms with van der Waals surface area (Å²) in [7, 11) is 0. The smallest absolute Gasteiger partial charge is 0.407 e. The van der Waals surface area contributed by atoms with Crippen LogP contribution in [-0.2, 0) is 4.74 Å². The van der Waals surface area contributed by atoms with Crippen LogP contribution in [0.25, 0.3) is 0 Å². The standard InChI is InChI=1S/C17H32N2O2S/c1-17(2,3)21-16(20)19-11-13-7-4-5-9-15(13)18-12-14-8-6-10-22-14/h13-15,18H,4-12H2,1-3H3,(H,19,20). The number of nitrogens with one attached hydrogen (secondary N) is 2. The molecule has 2 aliphatic rings. The van der Waals surface area contributed by atoms with E-state index in [0.29, 0.717) is 12.0 Å². The van der Waals surface area contributed by atoms with E-state index in [1.807, 2.05) is 20.8 Å². The summed E-state index contributed by atoms with van der Waals surface area (Å²) in [5.74, 6) is 1.85. The van der Waals surface area contributed by atoms with Crippen LogP contribution in [0.15, 0.2) is 0 Å². The van der Waals surface area contributed by atoms with Crippen molar-refractivity contribution in [3.63, 3.8) is 0 Å². The second-order valence-corrected chi connectivity index (χ2v) is 8.99. The highest BCUT2D eigenvalue weighted by molar-refractivity contribution is 8.00. The van der Waals surface area contributed by atoms with Gasteiger partial charge in [0.2, 0.25) is 0 Å². The van der Waals surface area contributed by atoms with Gasteiger partial charge in [-0.25, -0.2) is 4.79 Å². The van der Waals surface area contributed by atoms with Gasteiger partial charge in [-0.1, -0.05) is 12.8 Å². The number of rotatable bonds is 5. The molecule has 0 spiro atoms. The lowest BCUT2D eigenvalue weighted by atomic mass is 9.84. The quantitative estimate of drug-likeness (QED) is 0.810. The number of alkyl carbamates (subject to hydrolysis) is 1. The first-order chi connectivity index (χ1) is 10.4. The molecule has 3 unspecified atom stereocenters. The van der Waals surface area contributed by atoms with Crippen molar-refractivity contribution >= 4 is 17.9 Å². The summed E-state index contributed by atoms with van der Waals surface area (Å²) < 4.78 is 5.33. The van der Waals surface area contributed by atoms with Gasteiger partial charge in [0, 0.05) is 24.4 Å². The third kappa shape index (κ3) is 6.37. The van der Waals surface area contributed by atoms with Crippen LogP contribution >= 0.6 is 11.8 Å². The lowest BCUT2D eigenvalue weighted by molar-refractivity contribution is 0.0510. The fraction of sp³-hybridized carbons (Fsp3) is 0.941. The molecule has 1 amide bonds. The van der Waals surface area contributed by atoms with Gasteiger partial charge in [-0.15, -0.1) is 0 Å². The molecule has 2 rings (SSSR count). The average molecular weight is 329 g/mol. The average Bonchev–Trinajstić information content (AvgIpc) is 2.95. The van der Waals surface area contributed by atoms with Crippen molar-refractivity contribution in [2.24, 2.45) is 5.92 Å². The molecule has 5 heteroatoms. The molecule has 1 heterocycles. The first kappa shape index (κ1) is 17.9. The van der Waals surface area contributed by atoms with Crippen LogP contribution < -0.4 is 10.6 Å². The van der Waals surface area contributed by atoms with E-state index in [-0.39, 0.29) is 6.09 Å². The molecule has 1 saturated heterocycles. The minimum Gasteiger partial charge on any atom is -0.444 e. The van der Waals surface area contributed by atoms with E-state index in [1.165, 1.54) is 44.3 Å². The van der Waals surface area contributed by atoms with Gasteiger partial charge in [0.05, 0.1) is 0 Å². The Kier molecular flexibility index (Phi) is 6.87. The third-order valence-corrected chi connectivity index (χ3v) is 5.85. The predicted octanol–water partition coefficient (Wildman–Crippen LogP) is 3.56. The van der Waals surface area contributed by atoms with E-state index in [1.54, 1.807) is 0 Å². The summed E-state index contributed by atoms with van der Waals surface area (Å²) in [5.41, 5.74) is -0.423. The van der Waals surface area contributed by atoms with Crippen LogP contribution in [0.2, 0.25) is 0 Å². The van der Waals surface area contributed by atoms with Crippen LogP contribution in [0, 0.1) is 5.92 Å². The zero-order valence-corrected chi connectivity index (χ0v) is 15.1. The van der Waals surface area contributed by atoms with Gasteiger partial charge in [0.15, 0.2) is 0 Å². The maximum atomic E-state index is 11.8. The van der Waals surface area contributed by atoms with Crippen LogP contribution in [0.5, 0.6) is 0 Å². The normalized spacial score (nSPS) is 29.3. The molecule has 1 aliphatic heterocycles. The number of thioether (sulfide) groups is 1. The highest BCUT2D eigenvalue weighted by atomic mass is 32.2. The van der Waals surface area contributed by atoms with E-state index >= 15 is 0 Å². The number of carbonyl (C=O) groups is 1. The van der Waals surface area contributed by atoms with Crippen molar-refractivity contribution in [2.45, 2.75) is 76.2 Å². The van der Waals surface area contributed by atoms with Gasteiger partial charge in [-0.2, -0.15) is 11.8 Å². The van der Waals surface area contributed by atoms with E-state index < -0.39 is 5.60 Å². The number of carbonyl (C=O) groups excluding carboxylic acids is 1. The Hall–Kier alpha value is -0.420. The number of hydrogen-bond acceptors (Lipinski definition) is 4. The predicted molar refractivity (Wildman–Crippen MR) is 93.5 cm³/mol. The zero-order chi connectivity index (χ0) is 16.0. The minimum absolute atomic E-state index is 0.289. The molecule has 22 heavy (non-hydrogen) atoms. The molecule has 3 atom stereocenters. The minimum atomic E-state index is -0.423. The Morgan fingerprint density at radius 3 is 2.59 bits per heavy atom. The van der Waals surface area contributed by atoms with Crippen LogP contribution in [0.4, 0.5) is 4.79 Å². The molecule has 0 bridgehead atoms. The molecule has 1 aliphatic carbocycles. The lowest BCUT2D eigenvalue weighted by Crippen LogP contribution is -2.46. The summed E-state index contributed by atoms with van der Waals surface area (Å²) in [6.45, 7) is 7.55. The summed E-state index contributed by atoms with van der Waals surface area (Å²) >= 11 is 2.10. The van der Waals surface area contributed by atoms with Gasteiger partial charge in [0.25, 0.3) is 0 Å². The highest BCUT2D eigenvalue weighted by Crippen LogP contribution is 2.28. The topological polar surface area (TPSA) is 50.4 Å².